The highest BCUT2D eigenvalue weighted by Gasteiger charge is 2.10. The van der Waals surface area contributed by atoms with E-state index in [-0.39, 0.29) is 0 Å². The van der Waals surface area contributed by atoms with E-state index >= 15 is 0 Å². The number of ether oxygens (including phenoxy) is 1. The Labute approximate surface area is 108 Å². The van der Waals surface area contributed by atoms with Crippen LogP contribution in [-0.2, 0) is 6.54 Å². The Balaban J connectivity index is 2.84. The van der Waals surface area contributed by atoms with Crippen LogP contribution < -0.4 is 4.74 Å². The molecule has 0 saturated heterocycles. The summed E-state index contributed by atoms with van der Waals surface area (Å²) in [5, 5.41) is 8.99. The van der Waals surface area contributed by atoms with Crippen LogP contribution in [0.4, 0.5) is 0 Å². The summed E-state index contributed by atoms with van der Waals surface area (Å²) in [6.07, 6.45) is 2.29. The molecule has 0 bridgehead atoms. The highest BCUT2D eigenvalue weighted by Crippen LogP contribution is 2.21. The van der Waals surface area contributed by atoms with Gasteiger partial charge in [0.15, 0.2) is 0 Å². The second-order valence-corrected chi connectivity index (χ2v) is 4.42. The molecule has 0 amide bonds. The van der Waals surface area contributed by atoms with E-state index in [1.165, 1.54) is 0 Å². The minimum atomic E-state index is -0.907. The van der Waals surface area contributed by atoms with Crippen molar-refractivity contribution in [2.75, 3.05) is 20.7 Å². The van der Waals surface area contributed by atoms with Crippen molar-refractivity contribution in [1.82, 2.24) is 4.90 Å². The number of aromatic carboxylic acids is 1. The molecule has 1 rings (SSSR count). The van der Waals surface area contributed by atoms with E-state index in [9.17, 15) is 4.79 Å². The van der Waals surface area contributed by atoms with Crippen LogP contribution in [0, 0.1) is 0 Å². The first-order chi connectivity index (χ1) is 8.58. The molecule has 0 radical (unpaired) electrons. The largest absolute Gasteiger partial charge is 0.496 e. The molecule has 0 aliphatic carbocycles. The molecule has 0 aliphatic rings. The number of hydrogen-bond donors (Lipinski definition) is 1. The predicted octanol–water partition coefficient (Wildman–Crippen LogP) is 2.63. The van der Waals surface area contributed by atoms with Crippen molar-refractivity contribution in [2.45, 2.75) is 26.3 Å². The number of methoxy groups -OCH3 is 1. The molecule has 1 aromatic carbocycles. The van der Waals surface area contributed by atoms with Crippen LogP contribution in [0.15, 0.2) is 18.2 Å². The molecule has 0 heterocycles. The third-order valence-electron chi connectivity index (χ3n) is 2.86. The van der Waals surface area contributed by atoms with Crippen molar-refractivity contribution in [3.8, 4) is 5.75 Å². The van der Waals surface area contributed by atoms with Gasteiger partial charge >= 0.3 is 5.97 Å². The van der Waals surface area contributed by atoms with Gasteiger partial charge in [-0.25, -0.2) is 4.79 Å². The normalized spacial score (nSPS) is 10.7. The van der Waals surface area contributed by atoms with Gasteiger partial charge in [0.05, 0.1) is 12.7 Å². The van der Waals surface area contributed by atoms with Crippen molar-refractivity contribution < 1.29 is 14.6 Å². The maximum absolute atomic E-state index is 11.0. The fourth-order valence-electron chi connectivity index (χ4n) is 1.83. The molecular weight excluding hydrogens is 230 g/mol. The topological polar surface area (TPSA) is 49.8 Å². The Morgan fingerprint density at radius 3 is 2.72 bits per heavy atom. The van der Waals surface area contributed by atoms with Crippen LogP contribution in [0.1, 0.15) is 35.7 Å². The predicted molar refractivity (Wildman–Crippen MR) is 71.2 cm³/mol. The fourth-order valence-corrected chi connectivity index (χ4v) is 1.83. The van der Waals surface area contributed by atoms with Crippen molar-refractivity contribution >= 4 is 5.97 Å². The van der Waals surface area contributed by atoms with Crippen LogP contribution in [0.25, 0.3) is 0 Å². The summed E-state index contributed by atoms with van der Waals surface area (Å²) < 4.78 is 5.27. The van der Waals surface area contributed by atoms with Crippen molar-refractivity contribution in [3.63, 3.8) is 0 Å². The molecule has 1 N–H and O–H groups in total. The summed E-state index contributed by atoms with van der Waals surface area (Å²) >= 11 is 0. The maximum Gasteiger partial charge on any atom is 0.335 e. The molecule has 0 aliphatic heterocycles. The van der Waals surface area contributed by atoms with E-state index in [0.717, 1.165) is 30.7 Å². The van der Waals surface area contributed by atoms with Gasteiger partial charge in [-0.2, -0.15) is 0 Å². The number of carbonyl (C=O) groups is 1. The number of rotatable bonds is 7. The highest BCUT2D eigenvalue weighted by molar-refractivity contribution is 5.88. The average molecular weight is 251 g/mol. The molecule has 100 valence electrons. The van der Waals surface area contributed by atoms with Gasteiger partial charge in [-0.1, -0.05) is 13.3 Å². The number of benzene rings is 1. The van der Waals surface area contributed by atoms with Crippen molar-refractivity contribution in [3.05, 3.63) is 29.3 Å². The number of nitrogens with zero attached hydrogens (tertiary/aromatic N) is 1. The first-order valence-corrected chi connectivity index (χ1v) is 6.17. The molecule has 0 fully saturated rings. The van der Waals surface area contributed by atoms with Crippen molar-refractivity contribution in [2.24, 2.45) is 0 Å². The Morgan fingerprint density at radius 2 is 2.17 bits per heavy atom. The fraction of sp³-hybridized carbons (Fsp3) is 0.500. The molecular formula is C14H21NO3. The zero-order chi connectivity index (χ0) is 13.5. The zero-order valence-corrected chi connectivity index (χ0v) is 11.3. The second-order valence-electron chi connectivity index (χ2n) is 4.42. The standard InChI is InChI=1S/C14H21NO3/c1-4-5-8-15(2)10-12-9-11(14(16)17)6-7-13(12)18-3/h6-7,9H,4-5,8,10H2,1-3H3,(H,16,17). The molecule has 0 atom stereocenters. The Bertz CT molecular complexity index is 404. The lowest BCUT2D eigenvalue weighted by Gasteiger charge is -2.18. The van der Waals surface area contributed by atoms with Crippen LogP contribution >= 0.6 is 0 Å². The summed E-state index contributed by atoms with van der Waals surface area (Å²) in [5.74, 6) is -0.168. The first kappa shape index (κ1) is 14.5. The summed E-state index contributed by atoms with van der Waals surface area (Å²) in [6, 6.07) is 4.97. The number of carboxylic acids is 1. The highest BCUT2D eigenvalue weighted by atomic mass is 16.5. The molecule has 0 aromatic heterocycles. The molecule has 4 nitrogen and oxygen atoms in total. The van der Waals surface area contributed by atoms with Gasteiger partial charge in [-0.3, -0.25) is 0 Å². The average Bonchev–Trinajstić information content (AvgIpc) is 2.36. The molecule has 0 saturated carbocycles. The van der Waals surface area contributed by atoms with Gasteiger partial charge in [-0.15, -0.1) is 0 Å². The summed E-state index contributed by atoms with van der Waals surface area (Å²) in [7, 11) is 3.63. The van der Waals surface area contributed by atoms with Gasteiger partial charge in [0, 0.05) is 12.1 Å². The molecule has 0 unspecified atom stereocenters. The molecule has 0 spiro atoms. The third kappa shape index (κ3) is 4.04. The number of unbranched alkanes of at least 4 members (excludes halogenated alkanes) is 1. The van der Waals surface area contributed by atoms with E-state index in [0.29, 0.717) is 12.1 Å². The lowest BCUT2D eigenvalue weighted by atomic mass is 10.1. The third-order valence-corrected chi connectivity index (χ3v) is 2.86. The van der Waals surface area contributed by atoms with E-state index in [1.807, 2.05) is 7.05 Å². The monoisotopic (exact) mass is 251 g/mol. The smallest absolute Gasteiger partial charge is 0.335 e. The zero-order valence-electron chi connectivity index (χ0n) is 11.3. The van der Waals surface area contributed by atoms with E-state index in [1.54, 1.807) is 25.3 Å². The molecule has 4 heteroatoms. The Kier molecular flexibility index (Phi) is 5.65. The van der Waals surface area contributed by atoms with Gasteiger partial charge < -0.3 is 14.7 Å². The summed E-state index contributed by atoms with van der Waals surface area (Å²) in [6.45, 7) is 3.85. The quantitative estimate of drug-likeness (QED) is 0.809. The lowest BCUT2D eigenvalue weighted by molar-refractivity contribution is 0.0696. The Morgan fingerprint density at radius 1 is 1.44 bits per heavy atom. The Hall–Kier alpha value is -1.55. The van der Waals surface area contributed by atoms with Crippen LogP contribution in [0.2, 0.25) is 0 Å². The number of carboxylic acid groups (broad SMARTS) is 1. The minimum Gasteiger partial charge on any atom is -0.496 e. The number of hydrogen-bond acceptors (Lipinski definition) is 3. The SMILES string of the molecule is CCCCN(C)Cc1cc(C(=O)O)ccc1OC. The molecule has 1 aromatic rings. The summed E-state index contributed by atoms with van der Waals surface area (Å²) in [5.41, 5.74) is 1.21. The maximum atomic E-state index is 11.0. The van der Waals surface area contributed by atoms with Crippen molar-refractivity contribution in [1.29, 1.82) is 0 Å². The van der Waals surface area contributed by atoms with Gasteiger partial charge in [0.1, 0.15) is 5.75 Å². The second kappa shape index (κ2) is 7.01. The van der Waals surface area contributed by atoms with Gasteiger partial charge in [-0.05, 0) is 38.2 Å². The van der Waals surface area contributed by atoms with E-state index < -0.39 is 5.97 Å². The summed E-state index contributed by atoms with van der Waals surface area (Å²) in [4.78, 5) is 13.1. The van der Waals surface area contributed by atoms with Crippen LogP contribution in [0.3, 0.4) is 0 Å². The van der Waals surface area contributed by atoms with Crippen LogP contribution in [0.5, 0.6) is 5.75 Å². The van der Waals surface area contributed by atoms with Gasteiger partial charge in [0.25, 0.3) is 0 Å². The molecule has 18 heavy (non-hydrogen) atoms. The minimum absolute atomic E-state index is 0.301. The first-order valence-electron chi connectivity index (χ1n) is 6.17. The van der Waals surface area contributed by atoms with Gasteiger partial charge in [0.2, 0.25) is 0 Å². The van der Waals surface area contributed by atoms with E-state index in [4.69, 9.17) is 9.84 Å². The lowest BCUT2D eigenvalue weighted by Crippen LogP contribution is -2.19. The van der Waals surface area contributed by atoms with E-state index in [2.05, 4.69) is 11.8 Å². The van der Waals surface area contributed by atoms with Crippen LogP contribution in [-0.4, -0.2) is 36.7 Å².